The molecule has 0 aromatic carbocycles. The molecule has 0 aliphatic carbocycles. The molecule has 1 aliphatic rings. The van der Waals surface area contributed by atoms with Crippen LogP contribution in [0.2, 0.25) is 5.15 Å². The fourth-order valence-electron chi connectivity index (χ4n) is 2.49. The highest BCUT2D eigenvalue weighted by molar-refractivity contribution is 6.31. The van der Waals surface area contributed by atoms with Gasteiger partial charge in [-0.3, -0.25) is 14.3 Å². The second kappa shape index (κ2) is 8.30. The van der Waals surface area contributed by atoms with E-state index in [4.69, 9.17) is 22.1 Å². The number of nitrogens with two attached hydrogens (primary N) is 1. The maximum absolute atomic E-state index is 12.3. The predicted octanol–water partition coefficient (Wildman–Crippen LogP) is 1.37. The number of nitrogens with zero attached hydrogens (tertiary/aromatic N) is 3. The largest absolute Gasteiger partial charge is 0.367 e. The number of hydrogen-bond donors (Lipinski definition) is 1. The first-order chi connectivity index (χ1) is 11.4. The minimum Gasteiger partial charge on any atom is -0.367 e. The molecule has 1 fully saturated rings. The van der Waals surface area contributed by atoms with Crippen LogP contribution in [0.15, 0.2) is 6.08 Å². The van der Waals surface area contributed by atoms with Gasteiger partial charge in [-0.25, -0.2) is 0 Å². The van der Waals surface area contributed by atoms with Gasteiger partial charge in [-0.15, -0.1) is 0 Å². The van der Waals surface area contributed by atoms with Gasteiger partial charge in [-0.1, -0.05) is 24.9 Å². The van der Waals surface area contributed by atoms with E-state index >= 15 is 0 Å². The molecule has 2 rings (SSSR count). The zero-order valence-corrected chi connectivity index (χ0v) is 14.8. The first kappa shape index (κ1) is 18.5. The van der Waals surface area contributed by atoms with Gasteiger partial charge >= 0.3 is 0 Å². The van der Waals surface area contributed by atoms with Crippen LogP contribution in [0.25, 0.3) is 6.08 Å². The molecule has 1 aromatic rings. The topological polar surface area (TPSA) is 90.4 Å². The zero-order chi connectivity index (χ0) is 17.7. The quantitative estimate of drug-likeness (QED) is 0.781. The Labute approximate surface area is 146 Å². The monoisotopic (exact) mass is 354 g/mol. The molecule has 8 heteroatoms. The summed E-state index contributed by atoms with van der Waals surface area (Å²) in [4.78, 5) is 25.0. The van der Waals surface area contributed by atoms with Gasteiger partial charge in [0.2, 0.25) is 11.8 Å². The summed E-state index contributed by atoms with van der Waals surface area (Å²) in [6, 6.07) is 0. The molecule has 7 nitrogen and oxygen atoms in total. The number of ether oxygens (including phenoxy) is 1. The Morgan fingerprint density at radius 2 is 2.25 bits per heavy atom. The van der Waals surface area contributed by atoms with E-state index in [9.17, 15) is 9.59 Å². The Hall–Kier alpha value is -1.86. The Balaban J connectivity index is 2.06. The molecular formula is C16H23ClN4O3. The molecule has 1 unspecified atom stereocenters. The van der Waals surface area contributed by atoms with Crippen LogP contribution in [0.5, 0.6) is 0 Å². The van der Waals surface area contributed by atoms with Gasteiger partial charge in [-0.05, 0) is 19.4 Å². The van der Waals surface area contributed by atoms with Crippen LogP contribution in [-0.2, 0) is 20.9 Å². The van der Waals surface area contributed by atoms with Crippen LogP contribution in [0.4, 0.5) is 0 Å². The number of aryl methyl sites for hydroxylation is 2. The van der Waals surface area contributed by atoms with Gasteiger partial charge in [0, 0.05) is 24.7 Å². The Kier molecular flexibility index (Phi) is 6.39. The molecule has 2 heterocycles. The number of amides is 2. The van der Waals surface area contributed by atoms with Crippen molar-refractivity contribution < 1.29 is 14.3 Å². The van der Waals surface area contributed by atoms with Crippen LogP contribution in [0.1, 0.15) is 31.0 Å². The first-order valence-corrected chi connectivity index (χ1v) is 8.42. The molecule has 1 atom stereocenters. The molecule has 2 N–H and O–H groups in total. The number of aromatic nitrogens is 2. The Bertz CT molecular complexity index is 642. The fraction of sp³-hybridized carbons (Fsp3) is 0.562. The van der Waals surface area contributed by atoms with Gasteiger partial charge < -0.3 is 15.4 Å². The summed E-state index contributed by atoms with van der Waals surface area (Å²) in [5.74, 6) is -0.770. The van der Waals surface area contributed by atoms with Crippen LogP contribution < -0.4 is 5.73 Å². The summed E-state index contributed by atoms with van der Waals surface area (Å²) in [5, 5.41) is 4.93. The molecule has 2 amide bonds. The van der Waals surface area contributed by atoms with Crippen molar-refractivity contribution in [1.82, 2.24) is 14.7 Å². The third-order valence-electron chi connectivity index (χ3n) is 3.92. The second-order valence-corrected chi connectivity index (χ2v) is 6.10. The van der Waals surface area contributed by atoms with Crippen molar-refractivity contribution >= 4 is 29.5 Å². The summed E-state index contributed by atoms with van der Waals surface area (Å²) < 4.78 is 6.99. The maximum atomic E-state index is 12.3. The standard InChI is InChI=1S/C16H23ClN4O3/c1-3-4-7-21-15(17)12(11(2)19-21)5-6-14(22)20-8-9-24-13(10-20)16(18)23/h5-6,13H,3-4,7-10H2,1-2H3,(H2,18,23). The second-order valence-electron chi connectivity index (χ2n) is 5.75. The van der Waals surface area contributed by atoms with Crippen molar-refractivity contribution in [3.63, 3.8) is 0 Å². The molecule has 0 saturated carbocycles. The predicted molar refractivity (Wildman–Crippen MR) is 91.4 cm³/mol. The maximum Gasteiger partial charge on any atom is 0.248 e. The lowest BCUT2D eigenvalue weighted by molar-refractivity contribution is -0.142. The van der Waals surface area contributed by atoms with Crippen molar-refractivity contribution in [2.45, 2.75) is 39.3 Å². The molecule has 24 heavy (non-hydrogen) atoms. The van der Waals surface area contributed by atoms with Crippen LogP contribution in [0.3, 0.4) is 0 Å². The van der Waals surface area contributed by atoms with Gasteiger partial charge in [0.1, 0.15) is 5.15 Å². The van der Waals surface area contributed by atoms with Crippen molar-refractivity contribution in [2.24, 2.45) is 5.73 Å². The minimum absolute atomic E-state index is 0.168. The third-order valence-corrected chi connectivity index (χ3v) is 4.32. The smallest absolute Gasteiger partial charge is 0.248 e. The Morgan fingerprint density at radius 1 is 1.50 bits per heavy atom. The van der Waals surface area contributed by atoms with Gasteiger partial charge in [-0.2, -0.15) is 5.10 Å². The first-order valence-electron chi connectivity index (χ1n) is 8.04. The third kappa shape index (κ3) is 4.36. The number of unbranched alkanes of at least 4 members (excludes halogenated alkanes) is 1. The summed E-state index contributed by atoms with van der Waals surface area (Å²) in [5.41, 5.74) is 6.74. The molecule has 1 aliphatic heterocycles. The van der Waals surface area contributed by atoms with Gasteiger partial charge in [0.25, 0.3) is 0 Å². The van der Waals surface area contributed by atoms with Crippen molar-refractivity contribution in [1.29, 1.82) is 0 Å². The van der Waals surface area contributed by atoms with E-state index in [1.807, 2.05) is 6.92 Å². The Morgan fingerprint density at radius 3 is 2.92 bits per heavy atom. The molecular weight excluding hydrogens is 332 g/mol. The van der Waals surface area contributed by atoms with E-state index in [-0.39, 0.29) is 12.5 Å². The van der Waals surface area contributed by atoms with E-state index in [1.54, 1.807) is 15.7 Å². The number of carbonyl (C=O) groups excluding carboxylic acids is 2. The number of morpholine rings is 1. The van der Waals surface area contributed by atoms with E-state index in [0.29, 0.717) is 18.3 Å². The fourth-order valence-corrected chi connectivity index (χ4v) is 2.82. The summed E-state index contributed by atoms with van der Waals surface area (Å²) in [7, 11) is 0. The van der Waals surface area contributed by atoms with Crippen LogP contribution in [0, 0.1) is 6.92 Å². The number of halogens is 1. The highest BCUT2D eigenvalue weighted by atomic mass is 35.5. The van der Waals surface area contributed by atoms with Crippen molar-refractivity contribution in [3.05, 3.63) is 22.5 Å². The van der Waals surface area contributed by atoms with Crippen LogP contribution >= 0.6 is 11.6 Å². The zero-order valence-electron chi connectivity index (χ0n) is 14.0. The van der Waals surface area contributed by atoms with Gasteiger partial charge in [0.05, 0.1) is 18.8 Å². The molecule has 1 aromatic heterocycles. The van der Waals surface area contributed by atoms with Crippen molar-refractivity contribution in [2.75, 3.05) is 19.7 Å². The van der Waals surface area contributed by atoms with E-state index in [0.717, 1.165) is 30.6 Å². The van der Waals surface area contributed by atoms with E-state index < -0.39 is 12.0 Å². The lowest BCUT2D eigenvalue weighted by Gasteiger charge is -2.30. The number of rotatable bonds is 6. The molecule has 132 valence electrons. The summed E-state index contributed by atoms with van der Waals surface area (Å²) >= 11 is 6.34. The lowest BCUT2D eigenvalue weighted by Crippen LogP contribution is -2.50. The van der Waals surface area contributed by atoms with E-state index in [1.165, 1.54) is 6.08 Å². The van der Waals surface area contributed by atoms with Crippen LogP contribution in [-0.4, -0.2) is 52.3 Å². The SMILES string of the molecule is CCCCn1nc(C)c(C=CC(=O)N2CCOC(C(N)=O)C2)c1Cl. The number of primary amides is 1. The van der Waals surface area contributed by atoms with E-state index in [2.05, 4.69) is 12.0 Å². The summed E-state index contributed by atoms with van der Waals surface area (Å²) in [6.45, 7) is 5.60. The normalized spacial score (nSPS) is 18.3. The lowest BCUT2D eigenvalue weighted by atomic mass is 10.2. The molecule has 1 saturated heterocycles. The highest BCUT2D eigenvalue weighted by Crippen LogP contribution is 2.22. The average molecular weight is 355 g/mol. The van der Waals surface area contributed by atoms with Crippen molar-refractivity contribution in [3.8, 4) is 0 Å². The number of hydrogen-bond acceptors (Lipinski definition) is 4. The molecule has 0 spiro atoms. The van der Waals surface area contributed by atoms with Gasteiger partial charge in [0.15, 0.2) is 6.10 Å². The minimum atomic E-state index is -0.752. The number of carbonyl (C=O) groups is 2. The molecule has 0 radical (unpaired) electrons. The highest BCUT2D eigenvalue weighted by Gasteiger charge is 2.26. The molecule has 0 bridgehead atoms. The average Bonchev–Trinajstić information content (AvgIpc) is 2.84. The summed E-state index contributed by atoms with van der Waals surface area (Å²) in [6.07, 6.45) is 4.41.